The Labute approximate surface area is 88.0 Å². The standard InChI is InChI=1S/C11H12N4/c12-6-2-4-10-3-1-5-11(9-10)15-13-7-8-14-15/h1-5,7-9H,6,12H2/b4-2+. The van der Waals surface area contributed by atoms with Gasteiger partial charge in [0, 0.05) is 6.54 Å². The minimum absolute atomic E-state index is 0.546. The smallest absolute Gasteiger partial charge is 0.0862 e. The van der Waals surface area contributed by atoms with E-state index in [1.807, 2.05) is 36.4 Å². The zero-order valence-electron chi connectivity index (χ0n) is 8.24. The van der Waals surface area contributed by atoms with E-state index in [9.17, 15) is 0 Å². The Morgan fingerprint density at radius 2 is 2.07 bits per heavy atom. The first-order valence-corrected chi connectivity index (χ1v) is 4.73. The Morgan fingerprint density at radius 1 is 1.27 bits per heavy atom. The lowest BCUT2D eigenvalue weighted by Crippen LogP contribution is -1.98. The van der Waals surface area contributed by atoms with E-state index in [0.29, 0.717) is 6.54 Å². The average Bonchev–Trinajstić information content (AvgIpc) is 2.80. The molecule has 2 aromatic rings. The van der Waals surface area contributed by atoms with E-state index in [0.717, 1.165) is 11.3 Å². The minimum atomic E-state index is 0.546. The highest BCUT2D eigenvalue weighted by molar-refractivity contribution is 5.53. The summed E-state index contributed by atoms with van der Waals surface area (Å²) < 4.78 is 0. The first-order valence-electron chi connectivity index (χ1n) is 4.73. The van der Waals surface area contributed by atoms with Crippen LogP contribution in [-0.4, -0.2) is 21.5 Å². The van der Waals surface area contributed by atoms with Gasteiger partial charge in [0.2, 0.25) is 0 Å². The topological polar surface area (TPSA) is 56.7 Å². The molecule has 0 saturated carbocycles. The van der Waals surface area contributed by atoms with Gasteiger partial charge >= 0.3 is 0 Å². The summed E-state index contributed by atoms with van der Waals surface area (Å²) in [5, 5.41) is 8.13. The van der Waals surface area contributed by atoms with Crippen molar-refractivity contribution < 1.29 is 0 Å². The molecule has 0 fully saturated rings. The Balaban J connectivity index is 2.31. The van der Waals surface area contributed by atoms with E-state index in [1.165, 1.54) is 0 Å². The summed E-state index contributed by atoms with van der Waals surface area (Å²) >= 11 is 0. The fraction of sp³-hybridized carbons (Fsp3) is 0.0909. The fourth-order valence-electron chi connectivity index (χ4n) is 1.31. The van der Waals surface area contributed by atoms with E-state index < -0.39 is 0 Å². The van der Waals surface area contributed by atoms with Gasteiger partial charge < -0.3 is 5.73 Å². The molecule has 0 spiro atoms. The van der Waals surface area contributed by atoms with Crippen LogP contribution in [-0.2, 0) is 0 Å². The van der Waals surface area contributed by atoms with Gasteiger partial charge in [0.15, 0.2) is 0 Å². The third-order valence-electron chi connectivity index (χ3n) is 1.97. The van der Waals surface area contributed by atoms with Crippen LogP contribution < -0.4 is 5.73 Å². The molecule has 0 radical (unpaired) electrons. The van der Waals surface area contributed by atoms with Crippen LogP contribution in [0.2, 0.25) is 0 Å². The summed E-state index contributed by atoms with van der Waals surface area (Å²) in [6, 6.07) is 7.94. The van der Waals surface area contributed by atoms with Gasteiger partial charge in [-0.1, -0.05) is 24.3 Å². The van der Waals surface area contributed by atoms with Crippen LogP contribution in [0.3, 0.4) is 0 Å². The van der Waals surface area contributed by atoms with Gasteiger partial charge in [-0.3, -0.25) is 0 Å². The lowest BCUT2D eigenvalue weighted by molar-refractivity contribution is 0.752. The molecule has 0 amide bonds. The van der Waals surface area contributed by atoms with Crippen LogP contribution in [0.15, 0.2) is 42.7 Å². The lowest BCUT2D eigenvalue weighted by atomic mass is 10.2. The van der Waals surface area contributed by atoms with Crippen molar-refractivity contribution >= 4 is 6.08 Å². The van der Waals surface area contributed by atoms with Crippen LogP contribution >= 0.6 is 0 Å². The largest absolute Gasteiger partial charge is 0.327 e. The van der Waals surface area contributed by atoms with Crippen LogP contribution in [0.25, 0.3) is 11.8 Å². The van der Waals surface area contributed by atoms with Crippen molar-refractivity contribution in [3.63, 3.8) is 0 Å². The second kappa shape index (κ2) is 4.52. The quantitative estimate of drug-likeness (QED) is 0.811. The molecule has 0 aliphatic heterocycles. The molecular formula is C11H12N4. The van der Waals surface area contributed by atoms with Crippen molar-refractivity contribution in [1.82, 2.24) is 15.0 Å². The maximum Gasteiger partial charge on any atom is 0.0862 e. The molecule has 4 nitrogen and oxygen atoms in total. The van der Waals surface area contributed by atoms with Crippen molar-refractivity contribution in [2.45, 2.75) is 0 Å². The molecule has 1 aromatic carbocycles. The number of nitrogens with two attached hydrogens (primary N) is 1. The molecule has 0 unspecified atom stereocenters. The Hall–Kier alpha value is -1.94. The highest BCUT2D eigenvalue weighted by Gasteiger charge is 1.96. The second-order valence-electron chi connectivity index (χ2n) is 3.05. The van der Waals surface area contributed by atoms with Gasteiger partial charge in [-0.25, -0.2) is 0 Å². The van der Waals surface area contributed by atoms with E-state index in [1.54, 1.807) is 17.2 Å². The number of benzene rings is 1. The monoisotopic (exact) mass is 200 g/mol. The van der Waals surface area contributed by atoms with Gasteiger partial charge in [-0.15, -0.1) is 0 Å². The molecule has 2 rings (SSSR count). The van der Waals surface area contributed by atoms with E-state index >= 15 is 0 Å². The first kappa shape index (κ1) is 9.61. The average molecular weight is 200 g/mol. The SMILES string of the molecule is NC/C=C/c1cccc(-n2nccn2)c1. The number of rotatable bonds is 3. The molecule has 0 atom stereocenters. The molecule has 4 heteroatoms. The van der Waals surface area contributed by atoms with Crippen LogP contribution in [0, 0.1) is 0 Å². The molecule has 1 heterocycles. The predicted molar refractivity (Wildman–Crippen MR) is 59.4 cm³/mol. The van der Waals surface area contributed by atoms with E-state index in [-0.39, 0.29) is 0 Å². The van der Waals surface area contributed by atoms with Crippen molar-refractivity contribution in [2.24, 2.45) is 5.73 Å². The van der Waals surface area contributed by atoms with E-state index in [4.69, 9.17) is 5.73 Å². The molecule has 2 N–H and O–H groups in total. The van der Waals surface area contributed by atoms with Crippen molar-refractivity contribution in [2.75, 3.05) is 6.54 Å². The summed E-state index contributed by atoms with van der Waals surface area (Å²) in [7, 11) is 0. The molecule has 0 aliphatic carbocycles. The number of hydrogen-bond acceptors (Lipinski definition) is 3. The van der Waals surface area contributed by atoms with Crippen LogP contribution in [0.1, 0.15) is 5.56 Å². The maximum atomic E-state index is 5.39. The third kappa shape index (κ3) is 2.30. The normalized spacial score (nSPS) is 11.0. The molecule has 76 valence electrons. The van der Waals surface area contributed by atoms with Crippen LogP contribution in [0.4, 0.5) is 0 Å². The summed E-state index contributed by atoms with van der Waals surface area (Å²) in [6.07, 6.45) is 7.20. The molecule has 0 bridgehead atoms. The summed E-state index contributed by atoms with van der Waals surface area (Å²) in [6.45, 7) is 0.546. The Kier molecular flexibility index (Phi) is 2.90. The van der Waals surface area contributed by atoms with Gasteiger partial charge in [0.25, 0.3) is 0 Å². The van der Waals surface area contributed by atoms with Gasteiger partial charge in [0.05, 0.1) is 18.1 Å². The molecule has 0 saturated heterocycles. The zero-order chi connectivity index (χ0) is 10.5. The number of hydrogen-bond donors (Lipinski definition) is 1. The molecule has 0 aliphatic rings. The molecule has 15 heavy (non-hydrogen) atoms. The highest BCUT2D eigenvalue weighted by Crippen LogP contribution is 2.09. The van der Waals surface area contributed by atoms with Crippen molar-refractivity contribution in [1.29, 1.82) is 0 Å². The molecular weight excluding hydrogens is 188 g/mol. The predicted octanol–water partition coefficient (Wildman–Crippen LogP) is 1.24. The lowest BCUT2D eigenvalue weighted by Gasteiger charge is -2.00. The fourth-order valence-corrected chi connectivity index (χ4v) is 1.31. The van der Waals surface area contributed by atoms with Crippen LogP contribution in [0.5, 0.6) is 0 Å². The minimum Gasteiger partial charge on any atom is -0.327 e. The number of aromatic nitrogens is 3. The summed E-state index contributed by atoms with van der Waals surface area (Å²) in [5.74, 6) is 0. The van der Waals surface area contributed by atoms with Crippen molar-refractivity contribution in [3.8, 4) is 5.69 Å². The maximum absolute atomic E-state index is 5.39. The highest BCUT2D eigenvalue weighted by atomic mass is 15.5. The van der Waals surface area contributed by atoms with Crippen molar-refractivity contribution in [3.05, 3.63) is 48.3 Å². The van der Waals surface area contributed by atoms with Gasteiger partial charge in [-0.05, 0) is 17.7 Å². The van der Waals surface area contributed by atoms with E-state index in [2.05, 4.69) is 10.2 Å². The summed E-state index contributed by atoms with van der Waals surface area (Å²) in [4.78, 5) is 1.58. The Morgan fingerprint density at radius 3 is 2.80 bits per heavy atom. The first-order chi connectivity index (χ1) is 7.40. The summed E-state index contributed by atoms with van der Waals surface area (Å²) in [5.41, 5.74) is 7.43. The Bertz CT molecular complexity index is 445. The second-order valence-corrected chi connectivity index (χ2v) is 3.05. The third-order valence-corrected chi connectivity index (χ3v) is 1.97. The number of nitrogens with zero attached hydrogens (tertiary/aromatic N) is 3. The zero-order valence-corrected chi connectivity index (χ0v) is 8.24. The van der Waals surface area contributed by atoms with Gasteiger partial charge in [-0.2, -0.15) is 15.0 Å². The van der Waals surface area contributed by atoms with Gasteiger partial charge in [0.1, 0.15) is 0 Å². The molecule has 1 aromatic heterocycles.